The van der Waals surface area contributed by atoms with Gasteiger partial charge in [-0.05, 0) is 19.1 Å². The maximum atomic E-state index is 12.4. The van der Waals surface area contributed by atoms with E-state index in [2.05, 4.69) is 20.2 Å². The number of halogens is 3. The zero-order chi connectivity index (χ0) is 19.3. The Morgan fingerprint density at radius 1 is 1.38 bits per heavy atom. The molecule has 0 unspecified atom stereocenters. The number of pyridine rings is 1. The van der Waals surface area contributed by atoms with E-state index < -0.39 is 30.5 Å². The lowest BCUT2D eigenvalue weighted by molar-refractivity contribution is -0.154. The van der Waals surface area contributed by atoms with Gasteiger partial charge in [-0.25, -0.2) is 4.98 Å². The quantitative estimate of drug-likeness (QED) is 0.833. The molecule has 8 nitrogen and oxygen atoms in total. The Morgan fingerprint density at radius 2 is 2.12 bits per heavy atom. The molecule has 0 aromatic carbocycles. The Hall–Kier alpha value is -3.11. The third-order valence-corrected chi connectivity index (χ3v) is 3.00. The molecule has 0 radical (unpaired) electrons. The van der Waals surface area contributed by atoms with Gasteiger partial charge in [0.05, 0.1) is 6.54 Å². The van der Waals surface area contributed by atoms with E-state index >= 15 is 0 Å². The number of ether oxygens (including phenoxy) is 1. The number of hydrogen-bond donors (Lipinski definition) is 1. The van der Waals surface area contributed by atoms with E-state index in [1.165, 1.54) is 31.4 Å². The van der Waals surface area contributed by atoms with E-state index in [-0.39, 0.29) is 17.9 Å². The smallest absolute Gasteiger partial charge is 0.422 e. The summed E-state index contributed by atoms with van der Waals surface area (Å²) in [5.41, 5.74) is -0.190. The number of rotatable bonds is 6. The lowest BCUT2D eigenvalue weighted by Crippen LogP contribution is -2.35. The molecule has 0 saturated carbocycles. The Labute approximate surface area is 145 Å². The first kappa shape index (κ1) is 19.2. The van der Waals surface area contributed by atoms with Crippen molar-refractivity contribution in [2.75, 3.05) is 25.5 Å². The first-order valence-corrected chi connectivity index (χ1v) is 7.29. The number of anilines is 1. The number of hydrogen-bond acceptors (Lipinski definition) is 6. The number of likely N-dealkylation sites (N-methyl/N-ethyl adjacent to an activating group) is 1. The molecule has 0 bridgehead atoms. The molecule has 2 rings (SSSR count). The summed E-state index contributed by atoms with van der Waals surface area (Å²) in [4.78, 5) is 29.0. The number of amides is 2. The van der Waals surface area contributed by atoms with Crippen LogP contribution in [0.4, 0.5) is 19.0 Å². The van der Waals surface area contributed by atoms with Crippen LogP contribution in [0.2, 0.25) is 0 Å². The van der Waals surface area contributed by atoms with Crippen molar-refractivity contribution in [1.82, 2.24) is 15.0 Å². The van der Waals surface area contributed by atoms with Crippen LogP contribution in [-0.2, 0) is 4.79 Å². The fourth-order valence-electron chi connectivity index (χ4n) is 1.92. The highest BCUT2D eigenvalue weighted by atomic mass is 19.4. The molecule has 26 heavy (non-hydrogen) atoms. The number of nitrogens with one attached hydrogen (secondary N) is 1. The monoisotopic (exact) mass is 372 g/mol. The highest BCUT2D eigenvalue weighted by Crippen LogP contribution is 2.21. The predicted molar refractivity (Wildman–Crippen MR) is 82.6 cm³/mol. The van der Waals surface area contributed by atoms with Crippen LogP contribution in [0.5, 0.6) is 5.88 Å². The van der Waals surface area contributed by atoms with Crippen molar-refractivity contribution in [1.29, 1.82) is 0 Å². The van der Waals surface area contributed by atoms with Gasteiger partial charge in [-0.15, -0.1) is 0 Å². The van der Waals surface area contributed by atoms with Gasteiger partial charge in [0.1, 0.15) is 11.3 Å². The summed E-state index contributed by atoms with van der Waals surface area (Å²) in [6.07, 6.45) is -3.37. The second-order valence-corrected chi connectivity index (χ2v) is 5.29. The van der Waals surface area contributed by atoms with E-state index in [0.29, 0.717) is 5.76 Å². The zero-order valence-corrected chi connectivity index (χ0v) is 13.8. The molecule has 0 aliphatic heterocycles. The molecule has 11 heteroatoms. The van der Waals surface area contributed by atoms with E-state index in [9.17, 15) is 22.8 Å². The molecule has 140 valence electrons. The van der Waals surface area contributed by atoms with Gasteiger partial charge in [0.15, 0.2) is 12.4 Å². The van der Waals surface area contributed by atoms with Crippen molar-refractivity contribution in [3.63, 3.8) is 0 Å². The SMILES string of the molecule is Cc1cc(NC(=O)CN(C)C(=O)c2cccnc2OCC(F)(F)F)no1. The van der Waals surface area contributed by atoms with Crippen molar-refractivity contribution >= 4 is 17.6 Å². The van der Waals surface area contributed by atoms with Crippen LogP contribution in [-0.4, -0.2) is 53.2 Å². The third kappa shape index (κ3) is 5.46. The minimum Gasteiger partial charge on any atom is -0.467 e. The molecule has 0 spiro atoms. The number of nitrogens with zero attached hydrogens (tertiary/aromatic N) is 3. The number of aromatic nitrogens is 2. The maximum Gasteiger partial charge on any atom is 0.422 e. The highest BCUT2D eigenvalue weighted by Gasteiger charge is 2.30. The summed E-state index contributed by atoms with van der Waals surface area (Å²) in [5.74, 6) is -1.07. The molecule has 0 fully saturated rings. The average molecular weight is 372 g/mol. The number of aryl methyl sites for hydroxylation is 1. The second kappa shape index (κ2) is 7.85. The zero-order valence-electron chi connectivity index (χ0n) is 13.8. The molecule has 0 saturated heterocycles. The largest absolute Gasteiger partial charge is 0.467 e. The Morgan fingerprint density at radius 3 is 2.73 bits per heavy atom. The van der Waals surface area contributed by atoms with Gasteiger partial charge < -0.3 is 19.5 Å². The molecular formula is C15H15F3N4O4. The van der Waals surface area contributed by atoms with Crippen molar-refractivity contribution in [3.8, 4) is 5.88 Å². The summed E-state index contributed by atoms with van der Waals surface area (Å²) >= 11 is 0. The molecule has 2 aromatic rings. The molecule has 2 amide bonds. The van der Waals surface area contributed by atoms with Crippen molar-refractivity contribution in [2.24, 2.45) is 0 Å². The van der Waals surface area contributed by atoms with Crippen molar-refractivity contribution in [2.45, 2.75) is 13.1 Å². The lowest BCUT2D eigenvalue weighted by Gasteiger charge is -2.18. The van der Waals surface area contributed by atoms with E-state index in [4.69, 9.17) is 4.52 Å². The third-order valence-electron chi connectivity index (χ3n) is 3.00. The predicted octanol–water partition coefficient (Wildman–Crippen LogP) is 2.03. The fraction of sp³-hybridized carbons (Fsp3) is 0.333. The molecule has 0 aliphatic carbocycles. The van der Waals surface area contributed by atoms with Crippen LogP contribution in [0.3, 0.4) is 0 Å². The minimum atomic E-state index is -4.57. The van der Waals surface area contributed by atoms with Crippen LogP contribution in [0, 0.1) is 6.92 Å². The van der Waals surface area contributed by atoms with Crippen molar-refractivity contribution in [3.05, 3.63) is 35.7 Å². The summed E-state index contributed by atoms with van der Waals surface area (Å²) in [7, 11) is 1.32. The van der Waals surface area contributed by atoms with Crippen LogP contribution in [0.15, 0.2) is 28.9 Å². The standard InChI is InChI=1S/C15H15F3N4O4/c1-9-6-11(21-26-9)20-12(23)7-22(2)14(24)10-4-3-5-19-13(10)25-8-15(16,17)18/h3-6H,7-8H2,1-2H3,(H,20,21,23). The van der Waals surface area contributed by atoms with Crippen LogP contribution in [0.25, 0.3) is 0 Å². The summed E-state index contributed by atoms with van der Waals surface area (Å²) in [6.45, 7) is -0.304. The van der Waals surface area contributed by atoms with Gasteiger partial charge in [-0.2, -0.15) is 13.2 Å². The van der Waals surface area contributed by atoms with Crippen molar-refractivity contribution < 1.29 is 32.0 Å². The fourth-order valence-corrected chi connectivity index (χ4v) is 1.92. The topological polar surface area (TPSA) is 97.6 Å². The van der Waals surface area contributed by atoms with Crippen LogP contribution >= 0.6 is 0 Å². The molecular weight excluding hydrogens is 357 g/mol. The van der Waals surface area contributed by atoms with Gasteiger partial charge >= 0.3 is 6.18 Å². The summed E-state index contributed by atoms with van der Waals surface area (Å²) < 4.78 is 46.3. The van der Waals surface area contributed by atoms with E-state index in [0.717, 1.165) is 4.90 Å². The second-order valence-electron chi connectivity index (χ2n) is 5.29. The molecule has 1 N–H and O–H groups in total. The van der Waals surface area contributed by atoms with E-state index in [1.807, 2.05) is 0 Å². The van der Waals surface area contributed by atoms with Gasteiger partial charge in [0.25, 0.3) is 5.91 Å². The Balaban J connectivity index is 2.02. The molecule has 2 heterocycles. The molecule has 0 atom stereocenters. The number of alkyl halides is 3. The summed E-state index contributed by atoms with van der Waals surface area (Å²) in [5, 5.41) is 6.01. The molecule has 0 aliphatic rings. The maximum absolute atomic E-state index is 12.4. The first-order valence-electron chi connectivity index (χ1n) is 7.29. The minimum absolute atomic E-state index is 0.184. The lowest BCUT2D eigenvalue weighted by atomic mass is 10.2. The van der Waals surface area contributed by atoms with Gasteiger partial charge in [0.2, 0.25) is 11.8 Å². The molecule has 2 aromatic heterocycles. The summed E-state index contributed by atoms with van der Waals surface area (Å²) in [6, 6.07) is 4.13. The normalized spacial score (nSPS) is 11.1. The average Bonchev–Trinajstić information content (AvgIpc) is 2.96. The number of carbonyl (C=O) groups is 2. The highest BCUT2D eigenvalue weighted by molar-refractivity contribution is 6.00. The van der Waals surface area contributed by atoms with Gasteiger partial charge in [-0.3, -0.25) is 9.59 Å². The first-order chi connectivity index (χ1) is 12.2. The number of carbonyl (C=O) groups excluding carboxylic acids is 2. The van der Waals surface area contributed by atoms with Gasteiger partial charge in [0, 0.05) is 19.3 Å². The van der Waals surface area contributed by atoms with E-state index in [1.54, 1.807) is 6.92 Å². The van der Waals surface area contributed by atoms with Gasteiger partial charge in [-0.1, -0.05) is 5.16 Å². The Kier molecular flexibility index (Phi) is 5.80. The Bertz CT molecular complexity index is 791. The van der Waals surface area contributed by atoms with Crippen LogP contribution in [0.1, 0.15) is 16.1 Å². The van der Waals surface area contributed by atoms with Crippen LogP contribution < -0.4 is 10.1 Å².